The molecule has 162 valence electrons. The van der Waals surface area contributed by atoms with Gasteiger partial charge in [0.05, 0.1) is 18.2 Å². The van der Waals surface area contributed by atoms with Gasteiger partial charge in [-0.25, -0.2) is 0 Å². The zero-order valence-corrected chi connectivity index (χ0v) is 19.0. The Kier molecular flexibility index (Phi) is 8.54. The molecule has 3 rings (SSSR count). The van der Waals surface area contributed by atoms with Crippen molar-refractivity contribution in [3.63, 3.8) is 0 Å². The predicted octanol–water partition coefficient (Wildman–Crippen LogP) is 7.74. The highest BCUT2D eigenvalue weighted by Crippen LogP contribution is 2.41. The lowest BCUT2D eigenvalue weighted by molar-refractivity contribution is 0.301. The van der Waals surface area contributed by atoms with E-state index in [-0.39, 0.29) is 0 Å². The molecule has 0 amide bonds. The van der Waals surface area contributed by atoms with Crippen molar-refractivity contribution in [3.8, 4) is 29.0 Å². The first-order valence-corrected chi connectivity index (χ1v) is 11.8. The summed E-state index contributed by atoms with van der Waals surface area (Å²) in [5.41, 5.74) is 3.90. The molecule has 1 aliphatic carbocycles. The van der Waals surface area contributed by atoms with Gasteiger partial charge in [0, 0.05) is 5.56 Å². The van der Waals surface area contributed by atoms with Crippen LogP contribution in [0.1, 0.15) is 93.7 Å². The number of hydrogen-bond acceptors (Lipinski definition) is 3. The Morgan fingerprint density at radius 2 is 1.52 bits per heavy atom. The standard InChI is InChI=1S/C28H34N2O/c1-3-4-5-6-7-8-21-9-11-22(12-10-21)25-17-18-26(28(20-30)27(25)19-29)23-13-15-24(31-2)16-14-23/h13-18,21-22H,3-12H2,1-2H3. The minimum atomic E-state index is 0.392. The van der Waals surface area contributed by atoms with Gasteiger partial charge in [0.25, 0.3) is 0 Å². The van der Waals surface area contributed by atoms with E-state index < -0.39 is 0 Å². The Hall–Kier alpha value is -2.78. The molecule has 2 aromatic carbocycles. The number of benzene rings is 2. The lowest BCUT2D eigenvalue weighted by Crippen LogP contribution is -2.15. The van der Waals surface area contributed by atoms with Gasteiger partial charge in [0.2, 0.25) is 0 Å². The lowest BCUT2D eigenvalue weighted by atomic mass is 9.75. The fourth-order valence-corrected chi connectivity index (χ4v) is 5.01. The molecule has 3 heteroatoms. The molecule has 0 spiro atoms. The van der Waals surface area contributed by atoms with E-state index in [0.717, 1.165) is 41.2 Å². The third kappa shape index (κ3) is 5.68. The largest absolute Gasteiger partial charge is 0.497 e. The first-order valence-electron chi connectivity index (χ1n) is 11.8. The number of hydrogen-bond donors (Lipinski definition) is 0. The Morgan fingerprint density at radius 3 is 2.13 bits per heavy atom. The molecule has 3 nitrogen and oxygen atoms in total. The Morgan fingerprint density at radius 1 is 0.839 bits per heavy atom. The second-order valence-electron chi connectivity index (χ2n) is 8.82. The number of ether oxygens (including phenoxy) is 1. The van der Waals surface area contributed by atoms with Crippen molar-refractivity contribution in [2.24, 2.45) is 5.92 Å². The van der Waals surface area contributed by atoms with Gasteiger partial charge < -0.3 is 4.74 Å². The van der Waals surface area contributed by atoms with Crippen molar-refractivity contribution < 1.29 is 4.74 Å². The summed E-state index contributed by atoms with van der Waals surface area (Å²) in [6.07, 6.45) is 12.8. The van der Waals surface area contributed by atoms with Crippen molar-refractivity contribution in [1.29, 1.82) is 10.5 Å². The fraction of sp³-hybridized carbons (Fsp3) is 0.500. The van der Waals surface area contributed by atoms with Crippen LogP contribution in [0, 0.1) is 28.6 Å². The average molecular weight is 415 g/mol. The van der Waals surface area contributed by atoms with Gasteiger partial charge in [-0.3, -0.25) is 0 Å². The molecule has 0 aromatic heterocycles. The summed E-state index contributed by atoms with van der Waals surface area (Å²) in [5, 5.41) is 19.8. The van der Waals surface area contributed by atoms with E-state index >= 15 is 0 Å². The molecular formula is C28H34N2O. The van der Waals surface area contributed by atoms with Crippen LogP contribution < -0.4 is 4.74 Å². The number of methoxy groups -OCH3 is 1. The van der Waals surface area contributed by atoms with Crippen molar-refractivity contribution in [2.75, 3.05) is 7.11 Å². The number of nitrogens with zero attached hydrogens (tertiary/aromatic N) is 2. The predicted molar refractivity (Wildman–Crippen MR) is 126 cm³/mol. The van der Waals surface area contributed by atoms with Gasteiger partial charge in [-0.2, -0.15) is 10.5 Å². The van der Waals surface area contributed by atoms with Gasteiger partial charge in [-0.05, 0) is 60.8 Å². The molecule has 1 aliphatic rings. The topological polar surface area (TPSA) is 56.8 Å². The van der Waals surface area contributed by atoms with E-state index in [4.69, 9.17) is 4.74 Å². The molecule has 0 saturated heterocycles. The third-order valence-electron chi connectivity index (χ3n) is 6.86. The highest BCUT2D eigenvalue weighted by atomic mass is 16.5. The van der Waals surface area contributed by atoms with Crippen LogP contribution in [0.2, 0.25) is 0 Å². The summed E-state index contributed by atoms with van der Waals surface area (Å²) in [4.78, 5) is 0. The van der Waals surface area contributed by atoms with Gasteiger partial charge in [0.15, 0.2) is 0 Å². The highest BCUT2D eigenvalue weighted by molar-refractivity contribution is 5.75. The SMILES string of the molecule is CCCCCCCC1CCC(c2ccc(-c3ccc(OC)cc3)c(C#N)c2C#N)CC1. The Balaban J connectivity index is 1.71. The molecule has 0 aliphatic heterocycles. The summed E-state index contributed by atoms with van der Waals surface area (Å²) in [6, 6.07) is 16.5. The van der Waals surface area contributed by atoms with Gasteiger partial charge >= 0.3 is 0 Å². The van der Waals surface area contributed by atoms with E-state index in [2.05, 4.69) is 25.1 Å². The highest BCUT2D eigenvalue weighted by Gasteiger charge is 2.26. The molecule has 0 bridgehead atoms. The molecule has 0 radical (unpaired) electrons. The molecule has 2 aromatic rings. The summed E-state index contributed by atoms with van der Waals surface area (Å²) in [6.45, 7) is 2.26. The molecular weight excluding hydrogens is 380 g/mol. The monoisotopic (exact) mass is 414 g/mol. The second-order valence-corrected chi connectivity index (χ2v) is 8.82. The smallest absolute Gasteiger partial charge is 0.118 e. The molecule has 0 unspecified atom stereocenters. The normalized spacial score (nSPS) is 18.2. The van der Waals surface area contributed by atoms with Crippen LogP contribution >= 0.6 is 0 Å². The maximum Gasteiger partial charge on any atom is 0.118 e. The zero-order chi connectivity index (χ0) is 22.1. The van der Waals surface area contributed by atoms with E-state index in [1.165, 1.54) is 51.4 Å². The van der Waals surface area contributed by atoms with Crippen molar-refractivity contribution in [1.82, 2.24) is 0 Å². The van der Waals surface area contributed by atoms with E-state index in [1.807, 2.05) is 30.3 Å². The Labute approximate surface area is 187 Å². The van der Waals surface area contributed by atoms with Crippen LogP contribution in [0.4, 0.5) is 0 Å². The van der Waals surface area contributed by atoms with Crippen molar-refractivity contribution in [3.05, 3.63) is 53.1 Å². The summed E-state index contributed by atoms with van der Waals surface area (Å²) < 4.78 is 5.24. The maximum absolute atomic E-state index is 9.93. The molecule has 31 heavy (non-hydrogen) atoms. The van der Waals surface area contributed by atoms with Crippen molar-refractivity contribution >= 4 is 0 Å². The minimum Gasteiger partial charge on any atom is -0.497 e. The molecule has 0 N–H and O–H groups in total. The van der Waals surface area contributed by atoms with Gasteiger partial charge in [-0.1, -0.05) is 69.7 Å². The molecule has 0 heterocycles. The van der Waals surface area contributed by atoms with E-state index in [1.54, 1.807) is 7.11 Å². The van der Waals surface area contributed by atoms with Gasteiger partial charge in [0.1, 0.15) is 17.9 Å². The quantitative estimate of drug-likeness (QED) is 0.394. The summed E-state index contributed by atoms with van der Waals surface area (Å²) in [5.74, 6) is 2.00. The first-order chi connectivity index (χ1) is 15.2. The van der Waals surface area contributed by atoms with Crippen LogP contribution in [-0.2, 0) is 0 Å². The van der Waals surface area contributed by atoms with E-state index in [9.17, 15) is 10.5 Å². The second kappa shape index (κ2) is 11.6. The summed E-state index contributed by atoms with van der Waals surface area (Å²) >= 11 is 0. The number of rotatable bonds is 9. The van der Waals surface area contributed by atoms with Crippen LogP contribution in [0.25, 0.3) is 11.1 Å². The number of unbranched alkanes of at least 4 members (excludes halogenated alkanes) is 4. The van der Waals surface area contributed by atoms with Gasteiger partial charge in [-0.15, -0.1) is 0 Å². The van der Waals surface area contributed by atoms with Crippen LogP contribution in [0.15, 0.2) is 36.4 Å². The van der Waals surface area contributed by atoms with Crippen LogP contribution in [-0.4, -0.2) is 7.11 Å². The van der Waals surface area contributed by atoms with Crippen LogP contribution in [0.5, 0.6) is 5.75 Å². The molecule has 1 fully saturated rings. The number of nitriles is 2. The van der Waals surface area contributed by atoms with Crippen LogP contribution in [0.3, 0.4) is 0 Å². The fourth-order valence-electron chi connectivity index (χ4n) is 5.01. The maximum atomic E-state index is 9.93. The minimum absolute atomic E-state index is 0.392. The Bertz CT molecular complexity index is 925. The average Bonchev–Trinajstić information content (AvgIpc) is 2.83. The zero-order valence-electron chi connectivity index (χ0n) is 19.0. The van der Waals surface area contributed by atoms with Crippen molar-refractivity contribution in [2.45, 2.75) is 77.0 Å². The lowest BCUT2D eigenvalue weighted by Gasteiger charge is -2.29. The molecule has 1 saturated carbocycles. The first kappa shape index (κ1) is 22.9. The van der Waals surface area contributed by atoms with E-state index in [0.29, 0.717) is 17.0 Å². The summed E-state index contributed by atoms with van der Waals surface area (Å²) in [7, 11) is 1.64. The third-order valence-corrected chi connectivity index (χ3v) is 6.86. The molecule has 0 atom stereocenters.